The van der Waals surface area contributed by atoms with E-state index in [1.807, 2.05) is 0 Å². The number of hydrogen-bond acceptors (Lipinski definition) is 4. The molecule has 3 N–H and O–H groups in total. The second kappa shape index (κ2) is 8.43. The molecule has 0 unspecified atom stereocenters. The van der Waals surface area contributed by atoms with E-state index in [4.69, 9.17) is 21.8 Å². The molecule has 8 heteroatoms. The van der Waals surface area contributed by atoms with E-state index in [0.717, 1.165) is 5.39 Å². The van der Waals surface area contributed by atoms with Crippen LogP contribution in [0.3, 0.4) is 0 Å². The summed E-state index contributed by atoms with van der Waals surface area (Å²) in [7, 11) is 0. The van der Waals surface area contributed by atoms with E-state index in [9.17, 15) is 14.4 Å². The predicted octanol–water partition coefficient (Wildman–Crippen LogP) is 3.98. The van der Waals surface area contributed by atoms with Crippen molar-refractivity contribution < 1.29 is 18.8 Å². The maximum absolute atomic E-state index is 13.1. The number of para-hydroxylation sites is 1. The number of aryl methyl sites for hydroxylation is 1. The zero-order chi connectivity index (χ0) is 22.1. The molecule has 4 rings (SSSR count). The molecule has 1 aliphatic heterocycles. The summed E-state index contributed by atoms with van der Waals surface area (Å²) in [6.07, 6.45) is 1.08. The van der Waals surface area contributed by atoms with E-state index in [2.05, 4.69) is 5.32 Å². The molecule has 1 saturated heterocycles. The fourth-order valence-corrected chi connectivity index (χ4v) is 4.08. The van der Waals surface area contributed by atoms with Crippen molar-refractivity contribution in [1.82, 2.24) is 4.90 Å². The Kier molecular flexibility index (Phi) is 5.69. The number of amides is 3. The van der Waals surface area contributed by atoms with Gasteiger partial charge in [0, 0.05) is 35.0 Å². The van der Waals surface area contributed by atoms with Gasteiger partial charge in [-0.2, -0.15) is 0 Å². The molecule has 0 spiro atoms. The van der Waals surface area contributed by atoms with Crippen molar-refractivity contribution in [3.63, 3.8) is 0 Å². The maximum Gasteiger partial charge on any atom is 0.291 e. The van der Waals surface area contributed by atoms with Crippen molar-refractivity contribution in [2.75, 3.05) is 18.4 Å². The number of hydrogen-bond donors (Lipinski definition) is 2. The number of piperidine rings is 1. The molecule has 3 amide bonds. The fourth-order valence-electron chi connectivity index (χ4n) is 3.90. The molecule has 160 valence electrons. The molecule has 3 aromatic rings. The summed E-state index contributed by atoms with van der Waals surface area (Å²) in [6.45, 7) is 2.67. The Labute approximate surface area is 184 Å². The van der Waals surface area contributed by atoms with Crippen LogP contribution in [0.5, 0.6) is 0 Å². The standard InChI is InChI=1S/C23H22ClN3O4/c1-13-17-12-15(24)6-7-19(17)31-20(13)22(29)26-18-5-3-2-4-16(18)23(30)27-10-8-14(9-11-27)21(25)28/h2-7,12,14H,8-11H2,1H3,(H2,25,28)(H,26,29). The van der Waals surface area contributed by atoms with Gasteiger partial charge in [0.15, 0.2) is 5.76 Å². The zero-order valence-corrected chi connectivity index (χ0v) is 17.7. The minimum absolute atomic E-state index is 0.168. The number of carbonyl (C=O) groups is 3. The normalized spacial score (nSPS) is 14.6. The number of carbonyl (C=O) groups excluding carboxylic acids is 3. The smallest absolute Gasteiger partial charge is 0.291 e. The first kappa shape index (κ1) is 20.9. The Morgan fingerprint density at radius 3 is 2.55 bits per heavy atom. The van der Waals surface area contributed by atoms with E-state index >= 15 is 0 Å². The fraction of sp³-hybridized carbons (Fsp3) is 0.261. The molecule has 0 saturated carbocycles. The molecule has 0 atom stereocenters. The maximum atomic E-state index is 13.1. The first-order chi connectivity index (χ1) is 14.8. The van der Waals surface area contributed by atoms with Crippen molar-refractivity contribution >= 4 is 46.0 Å². The van der Waals surface area contributed by atoms with Gasteiger partial charge in [0.05, 0.1) is 11.3 Å². The quantitative estimate of drug-likeness (QED) is 0.641. The summed E-state index contributed by atoms with van der Waals surface area (Å²) in [5.41, 5.74) is 7.39. The Balaban J connectivity index is 1.55. The number of primary amides is 1. The van der Waals surface area contributed by atoms with Gasteiger partial charge in [-0.05, 0) is 50.1 Å². The predicted molar refractivity (Wildman–Crippen MR) is 118 cm³/mol. The Morgan fingerprint density at radius 2 is 1.84 bits per heavy atom. The molecule has 0 radical (unpaired) electrons. The highest BCUT2D eigenvalue weighted by molar-refractivity contribution is 6.31. The molecular formula is C23H22ClN3O4. The molecule has 1 aliphatic rings. The third-order valence-corrected chi connectivity index (χ3v) is 5.93. The van der Waals surface area contributed by atoms with E-state index in [1.165, 1.54) is 0 Å². The highest BCUT2D eigenvalue weighted by Crippen LogP contribution is 2.29. The van der Waals surface area contributed by atoms with E-state index in [1.54, 1.807) is 54.3 Å². The Bertz CT molecular complexity index is 1180. The molecule has 31 heavy (non-hydrogen) atoms. The molecule has 2 heterocycles. The zero-order valence-electron chi connectivity index (χ0n) is 17.0. The van der Waals surface area contributed by atoms with Gasteiger partial charge in [-0.3, -0.25) is 14.4 Å². The Morgan fingerprint density at radius 1 is 1.13 bits per heavy atom. The van der Waals surface area contributed by atoms with E-state index < -0.39 is 5.91 Å². The monoisotopic (exact) mass is 439 g/mol. The number of nitrogens with zero attached hydrogens (tertiary/aromatic N) is 1. The van der Waals surface area contributed by atoms with Crippen molar-refractivity contribution in [1.29, 1.82) is 0 Å². The number of nitrogens with two attached hydrogens (primary N) is 1. The van der Waals surface area contributed by atoms with Crippen LogP contribution in [0.2, 0.25) is 5.02 Å². The summed E-state index contributed by atoms with van der Waals surface area (Å²) in [5, 5.41) is 4.12. The van der Waals surface area contributed by atoms with Crippen molar-refractivity contribution in [3.05, 3.63) is 64.4 Å². The number of halogens is 1. The molecule has 0 aliphatic carbocycles. The number of fused-ring (bicyclic) bond motifs is 1. The Hall–Kier alpha value is -3.32. The van der Waals surface area contributed by atoms with E-state index in [-0.39, 0.29) is 23.5 Å². The number of benzene rings is 2. The van der Waals surface area contributed by atoms with Crippen molar-refractivity contribution in [3.8, 4) is 0 Å². The summed E-state index contributed by atoms with van der Waals surface area (Å²) in [5.74, 6) is -1.02. The average Bonchev–Trinajstić information content (AvgIpc) is 3.09. The average molecular weight is 440 g/mol. The van der Waals surface area contributed by atoms with Crippen LogP contribution in [0.25, 0.3) is 11.0 Å². The first-order valence-corrected chi connectivity index (χ1v) is 10.4. The molecule has 1 aromatic heterocycles. The summed E-state index contributed by atoms with van der Waals surface area (Å²) >= 11 is 6.05. The number of nitrogens with one attached hydrogen (secondary N) is 1. The van der Waals surface area contributed by atoms with Gasteiger partial charge < -0.3 is 20.4 Å². The van der Waals surface area contributed by atoms with Gasteiger partial charge in [0.25, 0.3) is 11.8 Å². The van der Waals surface area contributed by atoms with Crippen LogP contribution in [0.1, 0.15) is 39.3 Å². The van der Waals surface area contributed by atoms with Gasteiger partial charge in [0.1, 0.15) is 5.58 Å². The van der Waals surface area contributed by atoms with Crippen LogP contribution in [-0.2, 0) is 4.79 Å². The lowest BCUT2D eigenvalue weighted by atomic mass is 9.95. The number of anilines is 1. The van der Waals surface area contributed by atoms with Gasteiger partial charge in [-0.15, -0.1) is 0 Å². The molecule has 2 aromatic carbocycles. The van der Waals surface area contributed by atoms with Crippen LogP contribution in [0.15, 0.2) is 46.9 Å². The van der Waals surface area contributed by atoms with Crippen molar-refractivity contribution in [2.24, 2.45) is 11.7 Å². The van der Waals surface area contributed by atoms with Crippen LogP contribution in [0, 0.1) is 12.8 Å². The lowest BCUT2D eigenvalue weighted by molar-refractivity contribution is -0.123. The third kappa shape index (κ3) is 4.14. The summed E-state index contributed by atoms with van der Waals surface area (Å²) in [4.78, 5) is 39.1. The van der Waals surface area contributed by atoms with Gasteiger partial charge in [0.2, 0.25) is 5.91 Å². The van der Waals surface area contributed by atoms with Crippen LogP contribution >= 0.6 is 11.6 Å². The number of rotatable bonds is 4. The number of furan rings is 1. The van der Waals surface area contributed by atoms with Crippen LogP contribution in [0.4, 0.5) is 5.69 Å². The van der Waals surface area contributed by atoms with Crippen LogP contribution < -0.4 is 11.1 Å². The first-order valence-electron chi connectivity index (χ1n) is 10.0. The van der Waals surface area contributed by atoms with Gasteiger partial charge in [-0.1, -0.05) is 23.7 Å². The van der Waals surface area contributed by atoms with E-state index in [0.29, 0.717) is 53.4 Å². The highest BCUT2D eigenvalue weighted by atomic mass is 35.5. The second-order valence-corrected chi connectivity index (χ2v) is 8.10. The largest absolute Gasteiger partial charge is 0.451 e. The molecule has 7 nitrogen and oxygen atoms in total. The summed E-state index contributed by atoms with van der Waals surface area (Å²) in [6, 6.07) is 12.0. The molecular weight excluding hydrogens is 418 g/mol. The third-order valence-electron chi connectivity index (χ3n) is 5.69. The van der Waals surface area contributed by atoms with Crippen LogP contribution in [-0.4, -0.2) is 35.7 Å². The lowest BCUT2D eigenvalue weighted by Gasteiger charge is -2.31. The van der Waals surface area contributed by atoms with Crippen molar-refractivity contribution in [2.45, 2.75) is 19.8 Å². The minimum Gasteiger partial charge on any atom is -0.451 e. The van der Waals surface area contributed by atoms with Gasteiger partial charge in [-0.25, -0.2) is 0 Å². The van der Waals surface area contributed by atoms with Gasteiger partial charge >= 0.3 is 0 Å². The summed E-state index contributed by atoms with van der Waals surface area (Å²) < 4.78 is 5.73. The second-order valence-electron chi connectivity index (χ2n) is 7.67. The highest BCUT2D eigenvalue weighted by Gasteiger charge is 2.28. The topological polar surface area (TPSA) is 106 Å². The molecule has 1 fully saturated rings. The minimum atomic E-state index is -0.447. The SMILES string of the molecule is Cc1c(C(=O)Nc2ccccc2C(=O)N2CCC(C(N)=O)CC2)oc2ccc(Cl)cc12. The number of likely N-dealkylation sites (tertiary alicyclic amines) is 1. The molecule has 0 bridgehead atoms. The lowest BCUT2D eigenvalue weighted by Crippen LogP contribution is -2.42.